The summed E-state index contributed by atoms with van der Waals surface area (Å²) in [6.45, 7) is 3.44. The van der Waals surface area contributed by atoms with Crippen LogP contribution >= 0.6 is 0 Å². The molecule has 0 saturated heterocycles. The lowest BCUT2D eigenvalue weighted by atomic mass is 9.94. The zero-order valence-corrected chi connectivity index (χ0v) is 15.1. The number of aliphatic carboxylic acids is 1. The van der Waals surface area contributed by atoms with Gasteiger partial charge in [-0.25, -0.2) is 4.79 Å². The van der Waals surface area contributed by atoms with Crippen LogP contribution in [0.3, 0.4) is 0 Å². The second kappa shape index (κ2) is 8.38. The third kappa shape index (κ3) is 5.81. The van der Waals surface area contributed by atoms with E-state index in [0.29, 0.717) is 17.7 Å². The average molecular weight is 357 g/mol. The molecule has 0 atom stereocenters. The van der Waals surface area contributed by atoms with E-state index in [4.69, 9.17) is 14.6 Å². The molecule has 0 aliphatic heterocycles. The van der Waals surface area contributed by atoms with Crippen molar-refractivity contribution >= 4 is 11.9 Å². The van der Waals surface area contributed by atoms with E-state index < -0.39 is 18.1 Å². The van der Waals surface area contributed by atoms with Gasteiger partial charge >= 0.3 is 5.97 Å². The predicted molar refractivity (Wildman–Crippen MR) is 97.8 cm³/mol. The second-order valence-electron chi connectivity index (χ2n) is 6.57. The third-order valence-electron chi connectivity index (χ3n) is 3.72. The van der Waals surface area contributed by atoms with Crippen LogP contribution in [0.15, 0.2) is 48.5 Å². The fraction of sp³-hybridized carbons (Fsp3) is 0.300. The summed E-state index contributed by atoms with van der Waals surface area (Å²) in [5, 5.41) is 11.7. The van der Waals surface area contributed by atoms with Crippen molar-refractivity contribution < 1.29 is 24.2 Å². The predicted octanol–water partition coefficient (Wildman–Crippen LogP) is 2.91. The van der Waals surface area contributed by atoms with Gasteiger partial charge in [-0.05, 0) is 56.2 Å². The van der Waals surface area contributed by atoms with Crippen molar-refractivity contribution in [2.45, 2.75) is 25.8 Å². The van der Waals surface area contributed by atoms with E-state index in [0.717, 1.165) is 11.3 Å². The Labute approximate surface area is 152 Å². The summed E-state index contributed by atoms with van der Waals surface area (Å²) in [5.41, 5.74) is 1.02. The molecule has 2 rings (SSSR count). The first kappa shape index (κ1) is 19.3. The molecule has 2 aromatic carbocycles. The number of amides is 1. The molecule has 0 unspecified atom stereocenters. The van der Waals surface area contributed by atoms with E-state index in [9.17, 15) is 9.59 Å². The highest BCUT2D eigenvalue weighted by Gasteiger charge is 2.22. The summed E-state index contributed by atoms with van der Waals surface area (Å²) in [6.07, 6.45) is 0.651. The Hall–Kier alpha value is -3.02. The van der Waals surface area contributed by atoms with Gasteiger partial charge in [-0.15, -0.1) is 0 Å². The number of methoxy groups -OCH3 is 1. The van der Waals surface area contributed by atoms with Gasteiger partial charge in [0.1, 0.15) is 11.5 Å². The highest BCUT2D eigenvalue weighted by Crippen LogP contribution is 2.18. The number of carbonyl (C=O) groups excluding carboxylic acids is 1. The van der Waals surface area contributed by atoms with Crippen LogP contribution in [0.25, 0.3) is 0 Å². The van der Waals surface area contributed by atoms with Crippen molar-refractivity contribution in [3.05, 3.63) is 59.7 Å². The summed E-state index contributed by atoms with van der Waals surface area (Å²) in [7, 11) is 1.62. The van der Waals surface area contributed by atoms with E-state index >= 15 is 0 Å². The van der Waals surface area contributed by atoms with Crippen molar-refractivity contribution in [1.29, 1.82) is 0 Å². The van der Waals surface area contributed by atoms with Gasteiger partial charge in [0.15, 0.2) is 6.61 Å². The molecule has 0 aliphatic rings. The van der Waals surface area contributed by atoms with Crippen LogP contribution in [0.2, 0.25) is 0 Å². The SMILES string of the molecule is COc1ccc(CC(C)(C)NC(=O)c2cccc(OCC(=O)O)c2)cc1. The number of carboxylic acid groups (broad SMARTS) is 1. The molecule has 0 aromatic heterocycles. The first-order chi connectivity index (χ1) is 12.3. The second-order valence-corrected chi connectivity index (χ2v) is 6.57. The Kier molecular flexibility index (Phi) is 6.22. The van der Waals surface area contributed by atoms with Gasteiger partial charge in [0.25, 0.3) is 5.91 Å². The van der Waals surface area contributed by atoms with Crippen molar-refractivity contribution in [1.82, 2.24) is 5.32 Å². The summed E-state index contributed by atoms with van der Waals surface area (Å²) >= 11 is 0. The number of ether oxygens (including phenoxy) is 2. The van der Waals surface area contributed by atoms with E-state index in [1.54, 1.807) is 25.3 Å². The molecule has 0 fully saturated rings. The van der Waals surface area contributed by atoms with E-state index in [1.165, 1.54) is 6.07 Å². The largest absolute Gasteiger partial charge is 0.497 e. The van der Waals surface area contributed by atoms with Gasteiger partial charge in [-0.2, -0.15) is 0 Å². The quantitative estimate of drug-likeness (QED) is 0.759. The van der Waals surface area contributed by atoms with Crippen LogP contribution in [0, 0.1) is 0 Å². The highest BCUT2D eigenvalue weighted by molar-refractivity contribution is 5.95. The molecule has 0 aliphatic carbocycles. The molecule has 138 valence electrons. The molecule has 0 heterocycles. The fourth-order valence-corrected chi connectivity index (χ4v) is 2.55. The van der Waals surface area contributed by atoms with Crippen LogP contribution in [0.5, 0.6) is 11.5 Å². The van der Waals surface area contributed by atoms with Crippen molar-refractivity contribution in [3.8, 4) is 11.5 Å². The van der Waals surface area contributed by atoms with Crippen molar-refractivity contribution in [3.63, 3.8) is 0 Å². The minimum absolute atomic E-state index is 0.246. The summed E-state index contributed by atoms with van der Waals surface area (Å²) in [5.74, 6) is -0.188. The molecule has 1 amide bonds. The normalized spacial score (nSPS) is 10.9. The minimum Gasteiger partial charge on any atom is -0.497 e. The molecule has 0 bridgehead atoms. The molecule has 0 radical (unpaired) electrons. The number of hydrogen-bond acceptors (Lipinski definition) is 4. The third-order valence-corrected chi connectivity index (χ3v) is 3.72. The van der Waals surface area contributed by atoms with E-state index in [-0.39, 0.29) is 5.91 Å². The fourth-order valence-electron chi connectivity index (χ4n) is 2.55. The molecular formula is C20H23NO5. The lowest BCUT2D eigenvalue weighted by Crippen LogP contribution is -2.45. The first-order valence-electron chi connectivity index (χ1n) is 8.19. The Morgan fingerprint density at radius 1 is 1.08 bits per heavy atom. The average Bonchev–Trinajstić information content (AvgIpc) is 2.60. The van der Waals surface area contributed by atoms with Crippen LogP contribution in [0.4, 0.5) is 0 Å². The van der Waals surface area contributed by atoms with Crippen LogP contribution in [-0.4, -0.2) is 36.2 Å². The molecule has 0 saturated carbocycles. The van der Waals surface area contributed by atoms with Gasteiger partial charge in [-0.3, -0.25) is 4.79 Å². The van der Waals surface area contributed by atoms with Crippen molar-refractivity contribution in [2.75, 3.05) is 13.7 Å². The standard InChI is InChI=1S/C20H23NO5/c1-20(2,12-14-7-9-16(25-3)10-8-14)21-19(24)15-5-4-6-17(11-15)26-13-18(22)23/h4-11H,12-13H2,1-3H3,(H,21,24)(H,22,23). The van der Waals surface area contributed by atoms with Gasteiger partial charge in [0.2, 0.25) is 0 Å². The van der Waals surface area contributed by atoms with Crippen LogP contribution in [-0.2, 0) is 11.2 Å². The number of rotatable bonds is 8. The smallest absolute Gasteiger partial charge is 0.341 e. The van der Waals surface area contributed by atoms with Crippen LogP contribution < -0.4 is 14.8 Å². The zero-order chi connectivity index (χ0) is 19.2. The first-order valence-corrected chi connectivity index (χ1v) is 8.19. The maximum Gasteiger partial charge on any atom is 0.341 e. The highest BCUT2D eigenvalue weighted by atomic mass is 16.5. The topological polar surface area (TPSA) is 84.9 Å². The summed E-state index contributed by atoms with van der Waals surface area (Å²) in [6, 6.07) is 14.2. The van der Waals surface area contributed by atoms with Gasteiger partial charge < -0.3 is 19.9 Å². The maximum absolute atomic E-state index is 12.5. The Balaban J connectivity index is 2.02. The van der Waals surface area contributed by atoms with Crippen LogP contribution in [0.1, 0.15) is 29.8 Å². The van der Waals surface area contributed by atoms with E-state index in [2.05, 4.69) is 5.32 Å². The Bertz CT molecular complexity index is 768. The Morgan fingerprint density at radius 3 is 2.38 bits per heavy atom. The van der Waals surface area contributed by atoms with Crippen molar-refractivity contribution in [2.24, 2.45) is 0 Å². The van der Waals surface area contributed by atoms with Gasteiger partial charge in [0, 0.05) is 11.1 Å². The number of nitrogens with one attached hydrogen (secondary N) is 1. The molecule has 6 heteroatoms. The molecular weight excluding hydrogens is 334 g/mol. The van der Waals surface area contributed by atoms with Gasteiger partial charge in [0.05, 0.1) is 7.11 Å². The number of benzene rings is 2. The lowest BCUT2D eigenvalue weighted by Gasteiger charge is -2.26. The monoisotopic (exact) mass is 357 g/mol. The van der Waals surface area contributed by atoms with Gasteiger partial charge in [-0.1, -0.05) is 18.2 Å². The summed E-state index contributed by atoms with van der Waals surface area (Å²) < 4.78 is 10.3. The molecule has 2 aromatic rings. The minimum atomic E-state index is -1.07. The molecule has 2 N–H and O–H groups in total. The number of carboxylic acids is 1. The zero-order valence-electron chi connectivity index (χ0n) is 15.1. The summed E-state index contributed by atoms with van der Waals surface area (Å²) in [4.78, 5) is 23.1. The lowest BCUT2D eigenvalue weighted by molar-refractivity contribution is -0.139. The molecule has 26 heavy (non-hydrogen) atoms. The molecule has 0 spiro atoms. The number of hydrogen-bond donors (Lipinski definition) is 2. The molecule has 6 nitrogen and oxygen atoms in total. The number of carbonyl (C=O) groups is 2. The van der Waals surface area contributed by atoms with E-state index in [1.807, 2.05) is 38.1 Å². The Morgan fingerprint density at radius 2 is 1.77 bits per heavy atom. The maximum atomic E-state index is 12.5.